The number of hydrogen-bond donors (Lipinski definition) is 0. The zero-order valence-corrected chi connectivity index (χ0v) is 19.0. The van der Waals surface area contributed by atoms with E-state index in [9.17, 15) is 4.79 Å². The zero-order valence-electron chi connectivity index (χ0n) is 16.2. The van der Waals surface area contributed by atoms with Crippen molar-refractivity contribution in [1.29, 1.82) is 0 Å². The van der Waals surface area contributed by atoms with Crippen molar-refractivity contribution >= 4 is 6.41 Å². The van der Waals surface area contributed by atoms with Crippen molar-refractivity contribution in [1.82, 2.24) is 9.80 Å². The second kappa shape index (κ2) is 11.2. The number of nitrogens with zero attached hydrogens (tertiary/aromatic N) is 2. The third kappa shape index (κ3) is 8.98. The van der Waals surface area contributed by atoms with Crippen LogP contribution in [0.15, 0.2) is 0 Å². The maximum atomic E-state index is 10.6. The van der Waals surface area contributed by atoms with Crippen molar-refractivity contribution in [2.45, 2.75) is 72.8 Å². The van der Waals surface area contributed by atoms with E-state index in [0.717, 1.165) is 24.9 Å². The summed E-state index contributed by atoms with van der Waals surface area (Å²) in [5.41, 5.74) is 0.320. The Hall–Kier alpha value is 0.534. The number of piperidine rings is 2. The van der Waals surface area contributed by atoms with Gasteiger partial charge in [0.2, 0.25) is 0 Å². The summed E-state index contributed by atoms with van der Waals surface area (Å²) in [4.78, 5) is 15.0. The van der Waals surface area contributed by atoms with E-state index in [1.165, 1.54) is 44.7 Å². The van der Waals surface area contributed by atoms with Crippen LogP contribution in [0.1, 0.15) is 67.2 Å². The van der Waals surface area contributed by atoms with Gasteiger partial charge in [-0.15, -0.1) is 0 Å². The van der Waals surface area contributed by atoms with Crippen LogP contribution in [0.4, 0.5) is 0 Å². The van der Waals surface area contributed by atoms with Crippen LogP contribution in [0.3, 0.4) is 0 Å². The van der Waals surface area contributed by atoms with Crippen molar-refractivity contribution in [3.63, 3.8) is 0 Å². The number of carbonyl (C=O) groups excluding carboxylic acids is 1. The summed E-state index contributed by atoms with van der Waals surface area (Å²) in [7, 11) is 0. The SMILES string of the molecule is CC(C)(C)N1CCC(C2CCN([C-]=O)CC2)CC1.C[C-](C)C.[Y]. The monoisotopic (exact) mass is 397 g/mol. The summed E-state index contributed by atoms with van der Waals surface area (Å²) in [5, 5.41) is 0. The molecule has 3 nitrogen and oxygen atoms in total. The molecule has 2 saturated heterocycles. The molecule has 2 aliphatic heterocycles. The maximum Gasteiger partial charge on any atom is 0.0125 e. The molecule has 133 valence electrons. The van der Waals surface area contributed by atoms with Gasteiger partial charge >= 0.3 is 0 Å². The first-order chi connectivity index (χ1) is 10.2. The van der Waals surface area contributed by atoms with Gasteiger partial charge in [0.1, 0.15) is 0 Å². The predicted octanol–water partition coefficient (Wildman–Crippen LogP) is 3.89. The van der Waals surface area contributed by atoms with Crippen LogP contribution < -0.4 is 0 Å². The molecule has 0 aromatic heterocycles. The fraction of sp³-hybridized carbons (Fsp3) is 0.895. The molecule has 4 heteroatoms. The summed E-state index contributed by atoms with van der Waals surface area (Å²) in [6.07, 6.45) is 7.09. The Labute approximate surface area is 169 Å². The topological polar surface area (TPSA) is 23.6 Å². The van der Waals surface area contributed by atoms with Gasteiger partial charge in [-0.1, -0.05) is 0 Å². The Kier molecular flexibility index (Phi) is 11.5. The van der Waals surface area contributed by atoms with Crippen LogP contribution >= 0.6 is 0 Å². The zero-order chi connectivity index (χ0) is 16.8. The molecule has 0 spiro atoms. The molecule has 1 radical (unpaired) electrons. The number of likely N-dealkylation sites (tertiary alicyclic amines) is 2. The summed E-state index contributed by atoms with van der Waals surface area (Å²) in [6.45, 7) is 17.5. The second-order valence-corrected chi connectivity index (χ2v) is 8.41. The molecule has 2 heterocycles. The molecule has 0 aromatic carbocycles. The van der Waals surface area contributed by atoms with Crippen molar-refractivity contribution < 1.29 is 37.5 Å². The molecule has 0 bridgehead atoms. The third-order valence-electron chi connectivity index (χ3n) is 4.82. The Morgan fingerprint density at radius 2 is 1.22 bits per heavy atom. The van der Waals surface area contributed by atoms with Crippen LogP contribution in [0.2, 0.25) is 0 Å². The summed E-state index contributed by atoms with van der Waals surface area (Å²) in [6, 6.07) is 0. The average molecular weight is 397 g/mol. The second-order valence-electron chi connectivity index (χ2n) is 8.41. The molecule has 0 atom stereocenters. The van der Waals surface area contributed by atoms with Gasteiger partial charge in [0, 0.05) is 38.2 Å². The van der Waals surface area contributed by atoms with Crippen LogP contribution in [-0.4, -0.2) is 47.9 Å². The summed E-state index contributed by atoms with van der Waals surface area (Å²) in [5.74, 6) is 3.15. The van der Waals surface area contributed by atoms with Crippen molar-refractivity contribution in [3.8, 4) is 0 Å². The van der Waals surface area contributed by atoms with E-state index in [1.54, 1.807) is 4.90 Å². The minimum Gasteiger partial charge on any atom is -0.520 e. The van der Waals surface area contributed by atoms with E-state index in [0.29, 0.717) is 5.54 Å². The van der Waals surface area contributed by atoms with E-state index in [-0.39, 0.29) is 32.7 Å². The number of rotatable bonds is 2. The Balaban J connectivity index is 0.000000871. The Morgan fingerprint density at radius 1 is 0.870 bits per heavy atom. The molecule has 2 rings (SSSR count). The normalized spacial score (nSPS) is 21.4. The Morgan fingerprint density at radius 3 is 1.52 bits per heavy atom. The first-order valence-corrected chi connectivity index (χ1v) is 8.88. The Bertz CT molecular complexity index is 309. The quantitative estimate of drug-likeness (QED) is 0.660. The van der Waals surface area contributed by atoms with Gasteiger partial charge in [0.15, 0.2) is 0 Å². The molecule has 0 unspecified atom stereocenters. The fourth-order valence-corrected chi connectivity index (χ4v) is 3.50. The molecule has 1 amide bonds. The molecular weight excluding hydrogens is 361 g/mol. The third-order valence-corrected chi connectivity index (χ3v) is 4.82. The van der Waals surface area contributed by atoms with Gasteiger partial charge in [0.05, 0.1) is 0 Å². The van der Waals surface area contributed by atoms with E-state index in [2.05, 4.69) is 46.4 Å². The fourth-order valence-electron chi connectivity index (χ4n) is 3.50. The predicted molar refractivity (Wildman–Crippen MR) is 94.3 cm³/mol. The first-order valence-electron chi connectivity index (χ1n) is 8.88. The minimum atomic E-state index is 0. The van der Waals surface area contributed by atoms with Gasteiger partial charge in [-0.25, -0.2) is 0 Å². The van der Waals surface area contributed by atoms with E-state index >= 15 is 0 Å². The maximum absolute atomic E-state index is 10.6. The molecular formula is C19H36N2OY-2. The smallest absolute Gasteiger partial charge is 0.0125 e. The van der Waals surface area contributed by atoms with Crippen molar-refractivity contribution in [3.05, 3.63) is 5.92 Å². The largest absolute Gasteiger partial charge is 0.520 e. The molecule has 0 aliphatic carbocycles. The molecule has 0 N–H and O–H groups in total. The van der Waals surface area contributed by atoms with E-state index in [4.69, 9.17) is 0 Å². The molecule has 2 fully saturated rings. The average Bonchev–Trinajstić information content (AvgIpc) is 2.46. The van der Waals surface area contributed by atoms with Gasteiger partial charge in [-0.3, -0.25) is 4.90 Å². The molecule has 0 saturated carbocycles. The van der Waals surface area contributed by atoms with E-state index in [1.807, 2.05) is 6.41 Å². The van der Waals surface area contributed by atoms with Crippen molar-refractivity contribution in [2.24, 2.45) is 11.8 Å². The van der Waals surface area contributed by atoms with Crippen molar-refractivity contribution in [2.75, 3.05) is 26.2 Å². The first kappa shape index (κ1) is 23.5. The van der Waals surface area contributed by atoms with Crippen LogP contribution in [0, 0.1) is 17.8 Å². The number of amides is 1. The molecule has 0 aromatic rings. The van der Waals surface area contributed by atoms with Crippen LogP contribution in [0.25, 0.3) is 0 Å². The minimum absolute atomic E-state index is 0. The summed E-state index contributed by atoms with van der Waals surface area (Å²) >= 11 is 0. The van der Waals surface area contributed by atoms with E-state index < -0.39 is 0 Å². The molecule has 2 aliphatic rings. The van der Waals surface area contributed by atoms with Gasteiger partial charge in [0.25, 0.3) is 0 Å². The summed E-state index contributed by atoms with van der Waals surface area (Å²) < 4.78 is 0. The number of hydrogen-bond acceptors (Lipinski definition) is 2. The standard InChI is InChI=1S/C15H27N2O.C4H9.Y/c1-15(2,3)17-10-6-14(7-11-17)13-4-8-16(12-18)9-5-13;1-4(2)3;/h13-14H,4-11H2,1-3H3;1-3H3;/q2*-1;. The van der Waals surface area contributed by atoms with Crippen LogP contribution in [0.5, 0.6) is 0 Å². The van der Waals surface area contributed by atoms with Crippen LogP contribution in [-0.2, 0) is 37.5 Å². The van der Waals surface area contributed by atoms with Gasteiger partial charge < -0.3 is 15.6 Å². The molecule has 23 heavy (non-hydrogen) atoms. The van der Waals surface area contributed by atoms with Gasteiger partial charge in [-0.2, -0.15) is 27.2 Å². The van der Waals surface area contributed by atoms with Gasteiger partial charge in [-0.05, 0) is 84.5 Å².